The molecule has 78 valence electrons. The Bertz CT molecular complexity index is 276. The second-order valence-corrected chi connectivity index (χ2v) is 4.65. The topological polar surface area (TPSA) is 3.24 Å². The van der Waals surface area contributed by atoms with Crippen molar-refractivity contribution in [2.24, 2.45) is 5.41 Å². The molecule has 0 saturated heterocycles. The lowest BCUT2D eigenvalue weighted by molar-refractivity contribution is 0.162. The second kappa shape index (κ2) is 3.99. The molecule has 1 nitrogen and oxygen atoms in total. The number of benzene rings is 1. The summed E-state index contributed by atoms with van der Waals surface area (Å²) in [5.41, 5.74) is 0.555. The summed E-state index contributed by atoms with van der Waals surface area (Å²) in [6.07, 6.45) is -0.968. The van der Waals surface area contributed by atoms with E-state index in [-0.39, 0.29) is 5.41 Å². The lowest BCUT2D eigenvalue weighted by atomic mass is 9.94. The first-order valence-electron chi connectivity index (χ1n) is 4.85. The predicted octanol–water partition coefficient (Wildman–Crippen LogP) is 3.46. The van der Waals surface area contributed by atoms with Crippen molar-refractivity contribution < 1.29 is 4.39 Å². The number of alkyl halides is 1. The average Bonchev–Trinajstić information content (AvgIpc) is 2.15. The first-order valence-corrected chi connectivity index (χ1v) is 4.85. The highest BCUT2D eigenvalue weighted by Gasteiger charge is 2.28. The molecule has 0 N–H and O–H groups in total. The van der Waals surface area contributed by atoms with Gasteiger partial charge in [0.2, 0.25) is 0 Å². The van der Waals surface area contributed by atoms with Crippen LogP contribution in [0.1, 0.15) is 20.8 Å². The first kappa shape index (κ1) is 11.0. The van der Waals surface area contributed by atoms with Gasteiger partial charge < -0.3 is 4.90 Å². The van der Waals surface area contributed by atoms with Crippen LogP contribution < -0.4 is 4.90 Å². The Labute approximate surface area is 85.5 Å². The van der Waals surface area contributed by atoms with Gasteiger partial charge in [-0.1, -0.05) is 39.0 Å². The second-order valence-electron chi connectivity index (χ2n) is 4.65. The van der Waals surface area contributed by atoms with Crippen molar-refractivity contribution in [3.8, 4) is 0 Å². The molecule has 0 amide bonds. The zero-order valence-corrected chi connectivity index (χ0v) is 9.29. The third kappa shape index (κ3) is 2.47. The highest BCUT2D eigenvalue weighted by Crippen LogP contribution is 2.28. The van der Waals surface area contributed by atoms with E-state index in [1.165, 1.54) is 0 Å². The molecule has 14 heavy (non-hydrogen) atoms. The number of hydrogen-bond donors (Lipinski definition) is 0. The minimum Gasteiger partial charge on any atom is -0.345 e. The highest BCUT2D eigenvalue weighted by atomic mass is 19.1. The molecule has 2 heteroatoms. The zero-order valence-electron chi connectivity index (χ0n) is 9.29. The summed E-state index contributed by atoms with van der Waals surface area (Å²) in [7, 11) is 1.78. The van der Waals surface area contributed by atoms with Gasteiger partial charge in [-0.3, -0.25) is 0 Å². The summed E-state index contributed by atoms with van der Waals surface area (Å²) >= 11 is 0. The van der Waals surface area contributed by atoms with Crippen LogP contribution in [-0.2, 0) is 0 Å². The predicted molar refractivity (Wildman–Crippen MR) is 59.2 cm³/mol. The van der Waals surface area contributed by atoms with Crippen molar-refractivity contribution >= 4 is 5.69 Å². The number of rotatable bonds is 2. The molecule has 0 aromatic heterocycles. The van der Waals surface area contributed by atoms with Crippen molar-refractivity contribution in [1.29, 1.82) is 0 Å². The van der Waals surface area contributed by atoms with Crippen LogP contribution >= 0.6 is 0 Å². The van der Waals surface area contributed by atoms with Crippen LogP contribution in [0.4, 0.5) is 10.1 Å². The minimum atomic E-state index is -0.968. The molecule has 1 atom stereocenters. The van der Waals surface area contributed by atoms with Crippen LogP contribution in [0.5, 0.6) is 0 Å². The molecule has 1 rings (SSSR count). The van der Waals surface area contributed by atoms with Gasteiger partial charge in [0, 0.05) is 18.2 Å². The maximum atomic E-state index is 13.9. The Balaban J connectivity index is 2.81. The van der Waals surface area contributed by atoms with Gasteiger partial charge in [-0.2, -0.15) is 0 Å². The van der Waals surface area contributed by atoms with E-state index in [9.17, 15) is 4.39 Å². The third-order valence-electron chi connectivity index (χ3n) is 2.22. The number of nitrogens with zero attached hydrogens (tertiary/aromatic N) is 1. The van der Waals surface area contributed by atoms with Crippen LogP contribution in [-0.4, -0.2) is 13.3 Å². The molecule has 1 aromatic carbocycles. The molecule has 0 aliphatic rings. The maximum Gasteiger partial charge on any atom is 0.177 e. The maximum absolute atomic E-state index is 13.9. The summed E-state index contributed by atoms with van der Waals surface area (Å²) < 4.78 is 13.9. The Morgan fingerprint density at radius 1 is 1.14 bits per heavy atom. The van der Waals surface area contributed by atoms with E-state index in [0.29, 0.717) is 0 Å². The lowest BCUT2D eigenvalue weighted by Crippen LogP contribution is -2.38. The van der Waals surface area contributed by atoms with Gasteiger partial charge in [-0.05, 0) is 12.1 Å². The summed E-state index contributed by atoms with van der Waals surface area (Å²) in [4.78, 5) is 1.67. The highest BCUT2D eigenvalue weighted by molar-refractivity contribution is 5.45. The molecular weight excluding hydrogens is 177 g/mol. The van der Waals surface area contributed by atoms with Gasteiger partial charge in [0.15, 0.2) is 6.30 Å². The van der Waals surface area contributed by atoms with E-state index in [1.807, 2.05) is 51.1 Å². The van der Waals surface area contributed by atoms with Crippen LogP contribution in [0.2, 0.25) is 0 Å². The fourth-order valence-corrected chi connectivity index (χ4v) is 1.37. The zero-order chi connectivity index (χ0) is 10.8. The lowest BCUT2D eigenvalue weighted by Gasteiger charge is -2.33. The van der Waals surface area contributed by atoms with Crippen molar-refractivity contribution in [3.05, 3.63) is 30.3 Å². The van der Waals surface area contributed by atoms with Gasteiger partial charge in [-0.15, -0.1) is 0 Å². The SMILES string of the molecule is CN(c1ccccc1)C(F)C(C)(C)C. The molecule has 0 aliphatic carbocycles. The summed E-state index contributed by atoms with van der Waals surface area (Å²) in [5, 5.41) is 0. The quantitative estimate of drug-likeness (QED) is 0.653. The number of halogens is 1. The van der Waals surface area contributed by atoms with Gasteiger partial charge in [0.25, 0.3) is 0 Å². The summed E-state index contributed by atoms with van der Waals surface area (Å²) in [6, 6.07) is 9.60. The van der Waals surface area contributed by atoms with E-state index < -0.39 is 6.30 Å². The number of anilines is 1. The Kier molecular flexibility index (Phi) is 3.14. The first-order chi connectivity index (χ1) is 6.43. The molecular formula is C12H18FN. The van der Waals surface area contributed by atoms with Crippen LogP contribution in [0.3, 0.4) is 0 Å². The Hall–Kier alpha value is -1.05. The van der Waals surface area contributed by atoms with Crippen molar-refractivity contribution in [2.75, 3.05) is 11.9 Å². The largest absolute Gasteiger partial charge is 0.345 e. The van der Waals surface area contributed by atoms with E-state index >= 15 is 0 Å². The molecule has 0 spiro atoms. The van der Waals surface area contributed by atoms with E-state index in [4.69, 9.17) is 0 Å². The minimum absolute atomic E-state index is 0.357. The van der Waals surface area contributed by atoms with Crippen LogP contribution in [0.25, 0.3) is 0 Å². The molecule has 0 heterocycles. The van der Waals surface area contributed by atoms with Crippen LogP contribution in [0, 0.1) is 5.41 Å². The van der Waals surface area contributed by atoms with Gasteiger partial charge in [0.1, 0.15) is 0 Å². The van der Waals surface area contributed by atoms with E-state index in [1.54, 1.807) is 11.9 Å². The molecule has 0 saturated carbocycles. The molecule has 0 fully saturated rings. The van der Waals surface area contributed by atoms with Gasteiger partial charge >= 0.3 is 0 Å². The van der Waals surface area contributed by atoms with Crippen LogP contribution in [0.15, 0.2) is 30.3 Å². The fraction of sp³-hybridized carbons (Fsp3) is 0.500. The summed E-state index contributed by atoms with van der Waals surface area (Å²) in [5.74, 6) is 0. The molecule has 0 radical (unpaired) electrons. The van der Waals surface area contributed by atoms with Crippen molar-refractivity contribution in [1.82, 2.24) is 0 Å². The number of para-hydroxylation sites is 1. The molecule has 1 aromatic rings. The number of hydrogen-bond acceptors (Lipinski definition) is 1. The molecule has 0 aliphatic heterocycles. The standard InChI is InChI=1S/C12H18FN/c1-12(2,3)11(13)14(4)10-8-6-5-7-9-10/h5-9,11H,1-4H3. The van der Waals surface area contributed by atoms with Gasteiger partial charge in [0.05, 0.1) is 0 Å². The normalized spacial score (nSPS) is 13.8. The fourth-order valence-electron chi connectivity index (χ4n) is 1.37. The van der Waals surface area contributed by atoms with E-state index in [0.717, 1.165) is 5.69 Å². The smallest absolute Gasteiger partial charge is 0.177 e. The van der Waals surface area contributed by atoms with Gasteiger partial charge in [-0.25, -0.2) is 4.39 Å². The Morgan fingerprint density at radius 3 is 2.07 bits per heavy atom. The molecule has 0 bridgehead atoms. The van der Waals surface area contributed by atoms with Crippen molar-refractivity contribution in [2.45, 2.75) is 27.1 Å². The monoisotopic (exact) mass is 195 g/mol. The van der Waals surface area contributed by atoms with Crippen molar-refractivity contribution in [3.63, 3.8) is 0 Å². The summed E-state index contributed by atoms with van der Waals surface area (Å²) in [6.45, 7) is 5.70. The van der Waals surface area contributed by atoms with E-state index in [2.05, 4.69) is 0 Å². The third-order valence-corrected chi connectivity index (χ3v) is 2.22. The molecule has 1 unspecified atom stereocenters. The Morgan fingerprint density at radius 2 is 1.64 bits per heavy atom. The average molecular weight is 195 g/mol.